The number of hydrogen-bond donors (Lipinski definition) is 3. The highest BCUT2D eigenvalue weighted by Gasteiger charge is 2.20. The van der Waals surface area contributed by atoms with Crippen molar-refractivity contribution in [2.75, 3.05) is 16.4 Å². The second kappa shape index (κ2) is 8.35. The molecule has 1 atom stereocenters. The van der Waals surface area contributed by atoms with Crippen molar-refractivity contribution in [3.05, 3.63) is 53.1 Å². The zero-order valence-electron chi connectivity index (χ0n) is 14.2. The molecule has 0 saturated carbocycles. The summed E-state index contributed by atoms with van der Waals surface area (Å²) < 4.78 is 5.14. The second-order valence-electron chi connectivity index (χ2n) is 5.53. The summed E-state index contributed by atoms with van der Waals surface area (Å²) in [6, 6.07) is 10.9. The first-order valence-electron chi connectivity index (χ1n) is 7.71. The Morgan fingerprint density at radius 2 is 1.62 bits per heavy atom. The van der Waals surface area contributed by atoms with Crippen molar-refractivity contribution in [1.29, 1.82) is 0 Å². The van der Waals surface area contributed by atoms with Gasteiger partial charge >= 0.3 is 5.97 Å². The molecule has 0 aliphatic carbocycles. The molecule has 7 nitrogen and oxygen atoms in total. The monoisotopic (exact) mass is 375 g/mol. The maximum Gasteiger partial charge on any atom is 0.341 e. The highest BCUT2D eigenvalue weighted by atomic mass is 35.5. The van der Waals surface area contributed by atoms with E-state index in [1.807, 2.05) is 0 Å². The van der Waals surface area contributed by atoms with Crippen LogP contribution in [0.4, 0.5) is 17.1 Å². The van der Waals surface area contributed by atoms with E-state index in [9.17, 15) is 14.4 Å². The van der Waals surface area contributed by atoms with Gasteiger partial charge in [-0.25, -0.2) is 4.79 Å². The Balaban J connectivity index is 1.96. The Hall–Kier alpha value is -3.06. The molecule has 136 valence electrons. The largest absolute Gasteiger partial charge is 0.449 e. The van der Waals surface area contributed by atoms with E-state index >= 15 is 0 Å². The van der Waals surface area contributed by atoms with Gasteiger partial charge in [0.2, 0.25) is 5.91 Å². The highest BCUT2D eigenvalue weighted by Crippen LogP contribution is 2.20. The number of hydrogen-bond acceptors (Lipinski definition) is 5. The van der Waals surface area contributed by atoms with Gasteiger partial charge < -0.3 is 21.1 Å². The van der Waals surface area contributed by atoms with Gasteiger partial charge in [-0.2, -0.15) is 0 Å². The van der Waals surface area contributed by atoms with Crippen LogP contribution in [0.1, 0.15) is 24.2 Å². The Bertz CT molecular complexity index is 837. The van der Waals surface area contributed by atoms with Crippen molar-refractivity contribution in [3.8, 4) is 0 Å². The van der Waals surface area contributed by atoms with Crippen LogP contribution in [0.3, 0.4) is 0 Å². The van der Waals surface area contributed by atoms with Crippen LogP contribution in [0.15, 0.2) is 42.5 Å². The molecule has 2 amide bonds. The molecule has 0 aliphatic heterocycles. The lowest BCUT2D eigenvalue weighted by Gasteiger charge is -2.14. The van der Waals surface area contributed by atoms with E-state index < -0.39 is 18.0 Å². The lowest BCUT2D eigenvalue weighted by molar-refractivity contribution is -0.123. The first kappa shape index (κ1) is 19.3. The number of nitrogens with one attached hydrogen (secondary N) is 2. The highest BCUT2D eigenvalue weighted by molar-refractivity contribution is 6.31. The number of halogens is 1. The number of benzene rings is 2. The molecule has 2 aromatic carbocycles. The molecule has 0 aliphatic rings. The molecule has 26 heavy (non-hydrogen) atoms. The van der Waals surface area contributed by atoms with Gasteiger partial charge in [-0.1, -0.05) is 11.6 Å². The van der Waals surface area contributed by atoms with E-state index in [4.69, 9.17) is 22.1 Å². The molecule has 0 fully saturated rings. The summed E-state index contributed by atoms with van der Waals surface area (Å²) >= 11 is 5.79. The van der Waals surface area contributed by atoms with Crippen LogP contribution < -0.4 is 16.4 Å². The van der Waals surface area contributed by atoms with E-state index in [1.165, 1.54) is 32.0 Å². The molecule has 2 aromatic rings. The van der Waals surface area contributed by atoms with Crippen molar-refractivity contribution in [3.63, 3.8) is 0 Å². The van der Waals surface area contributed by atoms with Crippen molar-refractivity contribution in [2.45, 2.75) is 20.0 Å². The number of anilines is 3. The number of carbonyl (C=O) groups is 3. The Morgan fingerprint density at radius 1 is 1.04 bits per heavy atom. The molecule has 8 heteroatoms. The lowest BCUT2D eigenvalue weighted by atomic mass is 10.2. The minimum absolute atomic E-state index is 0.133. The summed E-state index contributed by atoms with van der Waals surface area (Å²) in [4.78, 5) is 35.3. The minimum Gasteiger partial charge on any atom is -0.449 e. The summed E-state index contributed by atoms with van der Waals surface area (Å²) in [5.74, 6) is -1.41. The number of ether oxygens (including phenoxy) is 1. The number of carbonyl (C=O) groups excluding carboxylic acids is 3. The summed E-state index contributed by atoms with van der Waals surface area (Å²) in [5, 5.41) is 5.64. The van der Waals surface area contributed by atoms with Gasteiger partial charge in [-0.05, 0) is 49.4 Å². The fraction of sp³-hybridized carbons (Fsp3) is 0.167. The van der Waals surface area contributed by atoms with Crippen molar-refractivity contribution in [1.82, 2.24) is 0 Å². The third-order valence-electron chi connectivity index (χ3n) is 3.36. The van der Waals surface area contributed by atoms with Crippen LogP contribution in [0.2, 0.25) is 5.02 Å². The van der Waals surface area contributed by atoms with Gasteiger partial charge in [0.25, 0.3) is 5.91 Å². The maximum atomic E-state index is 12.2. The van der Waals surface area contributed by atoms with E-state index in [1.54, 1.807) is 24.3 Å². The average molecular weight is 376 g/mol. The summed E-state index contributed by atoms with van der Waals surface area (Å²) in [6.07, 6.45) is -1.03. The third-order valence-corrected chi connectivity index (χ3v) is 3.59. The van der Waals surface area contributed by atoms with E-state index in [0.717, 1.165) is 0 Å². The van der Waals surface area contributed by atoms with Gasteiger partial charge in [-0.15, -0.1) is 0 Å². The number of nitrogen functional groups attached to an aromatic ring is 1. The molecular weight excluding hydrogens is 358 g/mol. The first-order valence-corrected chi connectivity index (χ1v) is 8.08. The van der Waals surface area contributed by atoms with Gasteiger partial charge in [0.05, 0.1) is 5.56 Å². The fourth-order valence-electron chi connectivity index (χ4n) is 2.08. The summed E-state index contributed by atoms with van der Waals surface area (Å²) in [5.41, 5.74) is 7.14. The number of amides is 2. The summed E-state index contributed by atoms with van der Waals surface area (Å²) in [7, 11) is 0. The van der Waals surface area contributed by atoms with Crippen LogP contribution in [0.25, 0.3) is 0 Å². The molecule has 0 spiro atoms. The molecular formula is C18H18ClN3O4. The van der Waals surface area contributed by atoms with Crippen LogP contribution in [0.5, 0.6) is 0 Å². The van der Waals surface area contributed by atoms with Crippen LogP contribution in [-0.4, -0.2) is 23.9 Å². The molecule has 0 unspecified atom stereocenters. The van der Waals surface area contributed by atoms with Gasteiger partial charge in [0.1, 0.15) is 0 Å². The van der Waals surface area contributed by atoms with Crippen LogP contribution >= 0.6 is 11.6 Å². The van der Waals surface area contributed by atoms with E-state index in [0.29, 0.717) is 16.4 Å². The van der Waals surface area contributed by atoms with E-state index in [-0.39, 0.29) is 17.2 Å². The predicted molar refractivity (Wildman–Crippen MR) is 100 cm³/mol. The molecule has 0 bridgehead atoms. The topological polar surface area (TPSA) is 111 Å². The zero-order chi connectivity index (χ0) is 19.3. The van der Waals surface area contributed by atoms with Crippen molar-refractivity contribution < 1.29 is 19.1 Å². The van der Waals surface area contributed by atoms with Crippen LogP contribution in [-0.2, 0) is 14.3 Å². The predicted octanol–water partition coefficient (Wildman–Crippen LogP) is 3.06. The first-order chi connectivity index (χ1) is 12.3. The standard InChI is InChI=1S/C18H18ClN3O4/c1-10(26-18(25)15-8-3-12(19)9-16(15)20)17(24)22-14-6-4-13(5-7-14)21-11(2)23/h3-10H,20H2,1-2H3,(H,21,23)(H,22,24)/t10-/m1/s1. The fourth-order valence-corrected chi connectivity index (χ4v) is 2.26. The number of rotatable bonds is 5. The normalized spacial score (nSPS) is 11.3. The molecule has 0 heterocycles. The third kappa shape index (κ3) is 5.22. The average Bonchev–Trinajstić information content (AvgIpc) is 2.55. The van der Waals surface area contributed by atoms with Gasteiger partial charge in [0, 0.05) is 29.0 Å². The van der Waals surface area contributed by atoms with Crippen molar-refractivity contribution in [2.24, 2.45) is 0 Å². The van der Waals surface area contributed by atoms with Gasteiger partial charge in [-0.3, -0.25) is 9.59 Å². The minimum atomic E-state index is -1.03. The molecule has 0 aromatic heterocycles. The Morgan fingerprint density at radius 3 is 2.15 bits per heavy atom. The van der Waals surface area contributed by atoms with Gasteiger partial charge in [0.15, 0.2) is 6.10 Å². The van der Waals surface area contributed by atoms with Crippen LogP contribution in [0, 0.1) is 0 Å². The second-order valence-corrected chi connectivity index (χ2v) is 5.96. The Labute approximate surface area is 155 Å². The summed E-state index contributed by atoms with van der Waals surface area (Å²) in [6.45, 7) is 2.85. The zero-order valence-corrected chi connectivity index (χ0v) is 15.0. The maximum absolute atomic E-state index is 12.2. The lowest BCUT2D eigenvalue weighted by Crippen LogP contribution is -2.30. The quantitative estimate of drug-likeness (QED) is 0.549. The number of esters is 1. The smallest absolute Gasteiger partial charge is 0.341 e. The Kier molecular flexibility index (Phi) is 6.19. The molecule has 2 rings (SSSR count). The molecule has 0 radical (unpaired) electrons. The molecule has 4 N–H and O–H groups in total. The SMILES string of the molecule is CC(=O)Nc1ccc(NC(=O)[C@@H](C)OC(=O)c2ccc(Cl)cc2N)cc1. The van der Waals surface area contributed by atoms with Crippen molar-refractivity contribution >= 4 is 46.4 Å². The molecule has 0 saturated heterocycles. The van der Waals surface area contributed by atoms with E-state index in [2.05, 4.69) is 10.6 Å². The number of nitrogens with two attached hydrogens (primary N) is 1.